The molecule has 44 heavy (non-hydrogen) atoms. The molecule has 2 heterocycles. The largest absolute Gasteiger partial charge is 0.442 e. The second kappa shape index (κ2) is 12.1. The summed E-state index contributed by atoms with van der Waals surface area (Å²) in [5.41, 5.74) is 6.10. The summed E-state index contributed by atoms with van der Waals surface area (Å²) in [5, 5.41) is 0. The normalized spacial score (nSPS) is 12.1. The zero-order valence-electron chi connectivity index (χ0n) is 23.9. The number of pyridine rings is 1. The lowest BCUT2D eigenvalue weighted by Gasteiger charge is -2.28. The fourth-order valence-electron chi connectivity index (χ4n) is 5.63. The number of benzene rings is 5. The Morgan fingerprint density at radius 2 is 0.977 bits per heavy atom. The minimum Gasteiger partial charge on any atom is -0.415 e. The van der Waals surface area contributed by atoms with Gasteiger partial charge in [0.05, 0.1) is 11.2 Å². The van der Waals surface area contributed by atoms with Crippen LogP contribution in [0.5, 0.6) is 11.5 Å². The molecule has 0 saturated carbocycles. The Morgan fingerprint density at radius 3 is 1.55 bits per heavy atom. The highest BCUT2D eigenvalue weighted by atomic mass is 31.2. The average molecular weight is 592 g/mol. The zero-order chi connectivity index (χ0) is 29.8. The van der Waals surface area contributed by atoms with E-state index in [1.54, 1.807) is 0 Å². The van der Waals surface area contributed by atoms with Gasteiger partial charge in [-0.25, -0.2) is 4.57 Å². The van der Waals surface area contributed by atoms with Crippen LogP contribution in [0.1, 0.15) is 16.8 Å². The lowest BCUT2D eigenvalue weighted by molar-refractivity contribution is 0.378. The second-order valence-electron chi connectivity index (χ2n) is 10.5. The molecule has 1 atom stereocenters. The minimum atomic E-state index is -4.00. The van der Waals surface area contributed by atoms with E-state index in [1.807, 2.05) is 128 Å². The summed E-state index contributed by atoms with van der Waals surface area (Å²) in [5.74, 6) is 0.953. The zero-order valence-corrected chi connectivity index (χ0v) is 24.8. The third-order valence-corrected chi connectivity index (χ3v) is 9.81. The van der Waals surface area contributed by atoms with Crippen LogP contribution >= 0.6 is 7.60 Å². The Hall–Kier alpha value is -5.31. The first-order valence-corrected chi connectivity index (χ1v) is 16.2. The summed E-state index contributed by atoms with van der Waals surface area (Å²) >= 11 is 0. The molecule has 5 aromatic carbocycles. The Bertz CT molecular complexity index is 1980. The molecule has 0 fully saturated rings. The van der Waals surface area contributed by atoms with Gasteiger partial charge in [-0.1, -0.05) is 127 Å². The number of aromatic nitrogens is 1. The molecule has 4 nitrogen and oxygen atoms in total. The van der Waals surface area contributed by atoms with Crippen molar-refractivity contribution in [2.75, 3.05) is 0 Å². The van der Waals surface area contributed by atoms with Crippen molar-refractivity contribution in [3.8, 4) is 33.9 Å². The maximum absolute atomic E-state index is 15.5. The smallest absolute Gasteiger partial charge is 0.415 e. The Morgan fingerprint density at radius 1 is 0.500 bits per heavy atom. The molecule has 0 aliphatic heterocycles. The summed E-state index contributed by atoms with van der Waals surface area (Å²) in [6.07, 6.45) is 2.04. The summed E-state index contributed by atoms with van der Waals surface area (Å²) in [6, 6.07) is 55.4. The third kappa shape index (κ3) is 5.56. The first-order chi connectivity index (χ1) is 21.7. The average Bonchev–Trinajstić information content (AvgIpc) is 3.46. The first kappa shape index (κ1) is 27.5. The van der Waals surface area contributed by atoms with Crippen molar-refractivity contribution in [2.45, 2.75) is 5.66 Å². The van der Waals surface area contributed by atoms with Crippen LogP contribution in [0.15, 0.2) is 176 Å². The van der Waals surface area contributed by atoms with Gasteiger partial charge in [-0.15, -0.1) is 0 Å². The second-order valence-corrected chi connectivity index (χ2v) is 12.5. The summed E-state index contributed by atoms with van der Waals surface area (Å²) in [6.45, 7) is 0. The third-order valence-electron chi connectivity index (χ3n) is 7.67. The van der Waals surface area contributed by atoms with Gasteiger partial charge < -0.3 is 13.4 Å². The van der Waals surface area contributed by atoms with Gasteiger partial charge in [0.25, 0.3) is 0 Å². The van der Waals surface area contributed by atoms with Crippen molar-refractivity contribution in [3.05, 3.63) is 187 Å². The molecule has 7 rings (SSSR count). The van der Waals surface area contributed by atoms with Gasteiger partial charge in [0.15, 0.2) is 0 Å². The predicted molar refractivity (Wildman–Crippen MR) is 178 cm³/mol. The van der Waals surface area contributed by atoms with Crippen LogP contribution in [0.25, 0.3) is 27.9 Å². The van der Waals surface area contributed by atoms with Crippen LogP contribution in [0, 0.1) is 0 Å². The van der Waals surface area contributed by atoms with E-state index in [9.17, 15) is 0 Å². The molecule has 7 aromatic rings. The Kier molecular flexibility index (Phi) is 7.58. The predicted octanol–water partition coefficient (Wildman–Crippen LogP) is 10.7. The standard InChI is InChI=1S/C39H30NO3P/c41-44(42-34-19-9-3-10-20-34,43-35-21-11-4-12-22-35)39(33-26-24-31(25-27-33)30-15-5-1-6-16-30)36-29-38(32-17-7-2-8-18-32)40-28-14-13-23-37(36)40/h1-29,39H. The molecule has 0 bridgehead atoms. The number of rotatable bonds is 9. The maximum atomic E-state index is 15.5. The number of hydrogen-bond acceptors (Lipinski definition) is 3. The lowest BCUT2D eigenvalue weighted by Crippen LogP contribution is -2.12. The van der Waals surface area contributed by atoms with E-state index in [2.05, 4.69) is 52.9 Å². The van der Waals surface area contributed by atoms with Crippen LogP contribution in [-0.2, 0) is 4.57 Å². The molecular formula is C39H30NO3P. The lowest BCUT2D eigenvalue weighted by atomic mass is 10.00. The molecule has 0 radical (unpaired) electrons. The molecule has 0 aliphatic carbocycles. The van der Waals surface area contributed by atoms with E-state index < -0.39 is 13.3 Å². The van der Waals surface area contributed by atoms with Crippen molar-refractivity contribution < 1.29 is 13.6 Å². The fourth-order valence-corrected chi connectivity index (χ4v) is 7.80. The molecular weight excluding hydrogens is 561 g/mol. The summed E-state index contributed by atoms with van der Waals surface area (Å²) in [7, 11) is -4.00. The van der Waals surface area contributed by atoms with Crippen LogP contribution in [0.4, 0.5) is 0 Å². The molecule has 214 valence electrons. The monoisotopic (exact) mass is 591 g/mol. The van der Waals surface area contributed by atoms with Crippen molar-refractivity contribution in [1.29, 1.82) is 0 Å². The highest BCUT2D eigenvalue weighted by Crippen LogP contribution is 2.64. The van der Waals surface area contributed by atoms with Gasteiger partial charge in [0.1, 0.15) is 17.2 Å². The van der Waals surface area contributed by atoms with Crippen molar-refractivity contribution >= 4 is 13.1 Å². The molecule has 0 spiro atoms. The number of para-hydroxylation sites is 2. The van der Waals surface area contributed by atoms with E-state index in [-0.39, 0.29) is 0 Å². The number of nitrogens with zero attached hydrogens (tertiary/aromatic N) is 1. The van der Waals surface area contributed by atoms with Crippen molar-refractivity contribution in [2.24, 2.45) is 0 Å². The fraction of sp³-hybridized carbons (Fsp3) is 0.0256. The van der Waals surface area contributed by atoms with Gasteiger partial charge >= 0.3 is 7.60 Å². The summed E-state index contributed by atoms with van der Waals surface area (Å²) < 4.78 is 30.6. The van der Waals surface area contributed by atoms with Gasteiger partial charge in [0, 0.05) is 11.8 Å². The van der Waals surface area contributed by atoms with Gasteiger partial charge in [-0.3, -0.25) is 0 Å². The molecule has 5 heteroatoms. The highest BCUT2D eigenvalue weighted by Gasteiger charge is 2.43. The first-order valence-electron chi connectivity index (χ1n) is 14.6. The quantitative estimate of drug-likeness (QED) is 0.157. The molecule has 1 unspecified atom stereocenters. The highest BCUT2D eigenvalue weighted by molar-refractivity contribution is 7.55. The van der Waals surface area contributed by atoms with Crippen molar-refractivity contribution in [3.63, 3.8) is 0 Å². The van der Waals surface area contributed by atoms with Gasteiger partial charge in [0.2, 0.25) is 0 Å². The van der Waals surface area contributed by atoms with Gasteiger partial charge in [-0.05, 0) is 64.7 Å². The van der Waals surface area contributed by atoms with E-state index >= 15 is 4.57 Å². The van der Waals surface area contributed by atoms with Crippen LogP contribution in [0.2, 0.25) is 0 Å². The van der Waals surface area contributed by atoms with Crippen LogP contribution < -0.4 is 9.05 Å². The molecule has 0 saturated heterocycles. The van der Waals surface area contributed by atoms with E-state index in [1.165, 1.54) is 0 Å². The molecule has 2 aromatic heterocycles. The Labute approximate surface area is 257 Å². The Balaban J connectivity index is 1.46. The SMILES string of the molecule is O=P(Oc1ccccc1)(Oc1ccccc1)C(c1ccc(-c2ccccc2)cc1)c1cc(-c2ccccc2)n2ccccc12. The number of hydrogen-bond donors (Lipinski definition) is 0. The minimum absolute atomic E-state index is 0.476. The molecule has 0 N–H and O–H groups in total. The van der Waals surface area contributed by atoms with Crippen LogP contribution in [0.3, 0.4) is 0 Å². The van der Waals surface area contributed by atoms with E-state index in [4.69, 9.17) is 9.05 Å². The molecule has 0 aliphatic rings. The maximum Gasteiger partial charge on any atom is 0.442 e. The summed E-state index contributed by atoms with van der Waals surface area (Å²) in [4.78, 5) is 0. The molecule has 0 amide bonds. The number of fused-ring (bicyclic) bond motifs is 1. The van der Waals surface area contributed by atoms with E-state index in [0.717, 1.165) is 39.0 Å². The topological polar surface area (TPSA) is 39.9 Å². The van der Waals surface area contributed by atoms with Gasteiger partial charge in [-0.2, -0.15) is 0 Å². The van der Waals surface area contributed by atoms with Crippen LogP contribution in [-0.4, -0.2) is 4.40 Å². The van der Waals surface area contributed by atoms with E-state index in [0.29, 0.717) is 11.5 Å². The van der Waals surface area contributed by atoms with Crippen molar-refractivity contribution in [1.82, 2.24) is 4.40 Å².